The van der Waals surface area contributed by atoms with Gasteiger partial charge in [-0.15, -0.1) is 0 Å². The minimum absolute atomic E-state index is 0.181. The molecule has 4 nitrogen and oxygen atoms in total. The smallest absolute Gasteiger partial charge is 0.404 e. The molecule has 0 spiro atoms. The second-order valence-electron chi connectivity index (χ2n) is 3.88. The summed E-state index contributed by atoms with van der Waals surface area (Å²) in [5.41, 5.74) is 0.526. The number of rotatable bonds is 4. The lowest BCUT2D eigenvalue weighted by Gasteiger charge is -2.14. The van der Waals surface area contributed by atoms with Crippen molar-refractivity contribution in [3.05, 3.63) is 35.4 Å². The first kappa shape index (κ1) is 11.8. The van der Waals surface area contributed by atoms with Gasteiger partial charge in [0.1, 0.15) is 6.10 Å². The molecule has 0 unspecified atom stereocenters. The summed E-state index contributed by atoms with van der Waals surface area (Å²) in [7, 11) is 0. The first-order valence-electron chi connectivity index (χ1n) is 5.11. The number of epoxide rings is 1. The van der Waals surface area contributed by atoms with E-state index < -0.39 is 23.8 Å². The van der Waals surface area contributed by atoms with Gasteiger partial charge in [-0.25, -0.2) is 13.6 Å². The van der Waals surface area contributed by atoms with E-state index in [0.717, 1.165) is 12.1 Å². The molecule has 1 aliphatic heterocycles. The number of hydrogen-bond donors (Lipinski definition) is 2. The summed E-state index contributed by atoms with van der Waals surface area (Å²) in [6, 6.07) is 3.08. The monoisotopic (exact) mass is 243 g/mol. The third kappa shape index (κ3) is 3.13. The van der Waals surface area contributed by atoms with Gasteiger partial charge in [-0.3, -0.25) is 0 Å². The average molecular weight is 243 g/mol. The Morgan fingerprint density at radius 3 is 2.76 bits per heavy atom. The maximum atomic E-state index is 13.0. The Balaban J connectivity index is 2.06. The van der Waals surface area contributed by atoms with Crippen molar-refractivity contribution >= 4 is 6.09 Å². The van der Waals surface area contributed by atoms with E-state index in [2.05, 4.69) is 5.32 Å². The average Bonchev–Trinajstić information content (AvgIpc) is 3.05. The van der Waals surface area contributed by atoms with Gasteiger partial charge in [-0.05, 0) is 24.1 Å². The van der Waals surface area contributed by atoms with Crippen LogP contribution in [0.5, 0.6) is 0 Å². The van der Waals surface area contributed by atoms with Gasteiger partial charge in [0.05, 0.1) is 12.6 Å². The van der Waals surface area contributed by atoms with E-state index in [1.807, 2.05) is 0 Å². The van der Waals surface area contributed by atoms with Crippen LogP contribution in [0.25, 0.3) is 0 Å². The zero-order chi connectivity index (χ0) is 12.4. The van der Waals surface area contributed by atoms with Crippen LogP contribution in [0.2, 0.25) is 0 Å². The van der Waals surface area contributed by atoms with E-state index >= 15 is 0 Å². The Kier molecular flexibility index (Phi) is 3.23. The van der Waals surface area contributed by atoms with Crippen LogP contribution in [0.3, 0.4) is 0 Å². The van der Waals surface area contributed by atoms with Crippen molar-refractivity contribution in [3.8, 4) is 0 Å². The summed E-state index contributed by atoms with van der Waals surface area (Å²) < 4.78 is 30.7. The lowest BCUT2D eigenvalue weighted by atomic mass is 10.0. The van der Waals surface area contributed by atoms with Gasteiger partial charge < -0.3 is 15.2 Å². The van der Waals surface area contributed by atoms with Crippen LogP contribution >= 0.6 is 0 Å². The zero-order valence-electron chi connectivity index (χ0n) is 8.82. The third-order valence-electron chi connectivity index (χ3n) is 2.56. The number of amides is 1. The minimum Gasteiger partial charge on any atom is -0.465 e. The summed E-state index contributed by atoms with van der Waals surface area (Å²) in [5.74, 6) is -1.85. The molecule has 1 aromatic carbocycles. The predicted octanol–water partition coefficient (Wildman–Crippen LogP) is 1.54. The highest BCUT2D eigenvalue weighted by molar-refractivity contribution is 5.65. The molecule has 1 amide bonds. The fourth-order valence-electron chi connectivity index (χ4n) is 1.64. The number of carbonyl (C=O) groups is 1. The summed E-state index contributed by atoms with van der Waals surface area (Å²) >= 11 is 0. The van der Waals surface area contributed by atoms with Crippen LogP contribution in [0.15, 0.2) is 18.2 Å². The Labute approximate surface area is 96.2 Å². The van der Waals surface area contributed by atoms with Crippen molar-refractivity contribution < 1.29 is 23.4 Å². The molecule has 1 aliphatic rings. The lowest BCUT2D eigenvalue weighted by molar-refractivity contribution is 0.186. The molecule has 0 radical (unpaired) electrons. The molecule has 1 saturated heterocycles. The molecule has 2 N–H and O–H groups in total. The van der Waals surface area contributed by atoms with Crippen LogP contribution in [-0.4, -0.2) is 30.0 Å². The molecular weight excluding hydrogens is 232 g/mol. The molecule has 17 heavy (non-hydrogen) atoms. The second-order valence-corrected chi connectivity index (χ2v) is 3.88. The van der Waals surface area contributed by atoms with Crippen LogP contribution in [0, 0.1) is 11.6 Å². The molecule has 6 heteroatoms. The highest BCUT2D eigenvalue weighted by atomic mass is 19.2. The SMILES string of the molecule is O=C(O)N[C@@H](Cc1ccc(F)c(F)c1)[C@H]1CO1. The fourth-order valence-corrected chi connectivity index (χ4v) is 1.64. The fraction of sp³-hybridized carbons (Fsp3) is 0.364. The molecule has 0 saturated carbocycles. The molecule has 0 bridgehead atoms. The largest absolute Gasteiger partial charge is 0.465 e. The lowest BCUT2D eigenvalue weighted by Crippen LogP contribution is -2.39. The van der Waals surface area contributed by atoms with Crippen LogP contribution in [0.1, 0.15) is 5.56 Å². The van der Waals surface area contributed by atoms with Gasteiger partial charge >= 0.3 is 6.09 Å². The highest BCUT2D eigenvalue weighted by Gasteiger charge is 2.34. The zero-order valence-corrected chi connectivity index (χ0v) is 8.82. The van der Waals surface area contributed by atoms with E-state index in [1.54, 1.807) is 0 Å². The summed E-state index contributed by atoms with van der Waals surface area (Å²) in [5, 5.41) is 10.9. The van der Waals surface area contributed by atoms with Crippen molar-refractivity contribution in [2.45, 2.75) is 18.6 Å². The maximum absolute atomic E-state index is 13.0. The van der Waals surface area contributed by atoms with Crippen LogP contribution in [0.4, 0.5) is 13.6 Å². The molecule has 1 fully saturated rings. The molecule has 2 rings (SSSR count). The van der Waals surface area contributed by atoms with Gasteiger partial charge in [0.2, 0.25) is 0 Å². The number of hydrogen-bond acceptors (Lipinski definition) is 2. The van der Waals surface area contributed by atoms with Crippen molar-refractivity contribution in [1.29, 1.82) is 0 Å². The Hall–Kier alpha value is -1.69. The van der Waals surface area contributed by atoms with Crippen molar-refractivity contribution in [2.24, 2.45) is 0 Å². The first-order chi connectivity index (χ1) is 8.06. The van der Waals surface area contributed by atoms with E-state index in [-0.39, 0.29) is 12.5 Å². The summed E-state index contributed by atoms with van der Waals surface area (Å²) in [6.45, 7) is 0.481. The maximum Gasteiger partial charge on any atom is 0.404 e. The van der Waals surface area contributed by atoms with Crippen molar-refractivity contribution in [3.63, 3.8) is 0 Å². The van der Waals surface area contributed by atoms with Gasteiger partial charge in [0.25, 0.3) is 0 Å². The topological polar surface area (TPSA) is 61.9 Å². The molecule has 2 atom stereocenters. The predicted molar refractivity (Wildman–Crippen MR) is 54.8 cm³/mol. The van der Waals surface area contributed by atoms with Crippen molar-refractivity contribution in [2.75, 3.05) is 6.61 Å². The molecule has 92 valence electrons. The van der Waals surface area contributed by atoms with Gasteiger partial charge in [0.15, 0.2) is 11.6 Å². The van der Waals surface area contributed by atoms with Gasteiger partial charge in [0, 0.05) is 0 Å². The number of halogens is 2. The third-order valence-corrected chi connectivity index (χ3v) is 2.56. The first-order valence-corrected chi connectivity index (χ1v) is 5.11. The van der Waals surface area contributed by atoms with Gasteiger partial charge in [-0.2, -0.15) is 0 Å². The molecule has 0 aliphatic carbocycles. The normalized spacial score (nSPS) is 19.8. The van der Waals surface area contributed by atoms with Crippen LogP contribution in [-0.2, 0) is 11.2 Å². The second kappa shape index (κ2) is 4.67. The Bertz CT molecular complexity index is 435. The number of nitrogens with one attached hydrogen (secondary N) is 1. The Morgan fingerprint density at radius 2 is 2.24 bits per heavy atom. The van der Waals surface area contributed by atoms with E-state index in [1.165, 1.54) is 6.07 Å². The number of ether oxygens (including phenoxy) is 1. The molecule has 0 aromatic heterocycles. The molecule has 1 heterocycles. The number of carboxylic acid groups (broad SMARTS) is 1. The molecule has 1 aromatic rings. The summed E-state index contributed by atoms with van der Waals surface area (Å²) in [6.07, 6.45) is -1.07. The van der Waals surface area contributed by atoms with Gasteiger partial charge in [-0.1, -0.05) is 6.07 Å². The number of benzene rings is 1. The quantitative estimate of drug-likeness (QED) is 0.788. The summed E-state index contributed by atoms with van der Waals surface area (Å²) in [4.78, 5) is 10.6. The highest BCUT2D eigenvalue weighted by Crippen LogP contribution is 2.19. The van der Waals surface area contributed by atoms with E-state index in [0.29, 0.717) is 12.2 Å². The van der Waals surface area contributed by atoms with Crippen molar-refractivity contribution in [1.82, 2.24) is 5.32 Å². The van der Waals surface area contributed by atoms with E-state index in [9.17, 15) is 13.6 Å². The molecular formula is C11H11F2NO3. The Morgan fingerprint density at radius 1 is 1.53 bits per heavy atom. The van der Waals surface area contributed by atoms with E-state index in [4.69, 9.17) is 9.84 Å². The minimum atomic E-state index is -1.16. The standard InChI is InChI=1S/C11H11F2NO3/c12-7-2-1-6(3-8(7)13)4-9(10-5-17-10)14-11(15)16/h1-3,9-10,14H,4-5H2,(H,15,16)/t9-,10+/m0/s1. The van der Waals surface area contributed by atoms with Crippen LogP contribution < -0.4 is 5.32 Å².